The zero-order valence-corrected chi connectivity index (χ0v) is 9.91. The van der Waals surface area contributed by atoms with Crippen LogP contribution in [0.1, 0.15) is 33.0 Å². The van der Waals surface area contributed by atoms with Crippen LogP contribution in [0.2, 0.25) is 0 Å². The van der Waals surface area contributed by atoms with Gasteiger partial charge in [0.05, 0.1) is 11.0 Å². The molecule has 1 aromatic heterocycles. The van der Waals surface area contributed by atoms with E-state index in [9.17, 15) is 0 Å². The van der Waals surface area contributed by atoms with Crippen molar-refractivity contribution >= 4 is 11.0 Å². The second-order valence-electron chi connectivity index (χ2n) is 4.72. The summed E-state index contributed by atoms with van der Waals surface area (Å²) >= 11 is 0. The number of hydrogen-bond acceptors (Lipinski definition) is 1. The van der Waals surface area contributed by atoms with Gasteiger partial charge < -0.3 is 4.57 Å². The predicted molar refractivity (Wildman–Crippen MR) is 64.0 cm³/mol. The smallest absolute Gasteiger partial charge is 0.115 e. The topological polar surface area (TPSA) is 17.8 Å². The molecule has 15 heavy (non-hydrogen) atoms. The molecule has 0 amide bonds. The third-order valence-electron chi connectivity index (χ3n) is 3.28. The molecular formula is C13H18N2. The number of benzene rings is 1. The van der Waals surface area contributed by atoms with Gasteiger partial charge in [-0.2, -0.15) is 0 Å². The molecular weight excluding hydrogens is 184 g/mol. The lowest BCUT2D eigenvalue weighted by atomic mass is 9.89. The Hall–Kier alpha value is -1.31. The first kappa shape index (κ1) is 10.2. The molecule has 0 atom stereocenters. The van der Waals surface area contributed by atoms with Crippen LogP contribution in [-0.2, 0) is 12.5 Å². The van der Waals surface area contributed by atoms with Crippen molar-refractivity contribution in [3.05, 3.63) is 30.1 Å². The SMILES string of the molecule is CCC(C)(C)c1nc2ccccc2n1C. The summed E-state index contributed by atoms with van der Waals surface area (Å²) in [4.78, 5) is 4.72. The van der Waals surface area contributed by atoms with Crippen LogP contribution in [-0.4, -0.2) is 9.55 Å². The fraction of sp³-hybridized carbons (Fsp3) is 0.462. The van der Waals surface area contributed by atoms with E-state index in [2.05, 4.69) is 50.6 Å². The highest BCUT2D eigenvalue weighted by atomic mass is 15.1. The summed E-state index contributed by atoms with van der Waals surface area (Å²) in [5, 5.41) is 0. The van der Waals surface area contributed by atoms with Gasteiger partial charge in [-0.15, -0.1) is 0 Å². The molecule has 0 N–H and O–H groups in total. The van der Waals surface area contributed by atoms with Crippen LogP contribution in [0.3, 0.4) is 0 Å². The molecule has 0 aliphatic carbocycles. The first-order chi connectivity index (χ1) is 7.06. The van der Waals surface area contributed by atoms with Crippen LogP contribution in [0.15, 0.2) is 24.3 Å². The van der Waals surface area contributed by atoms with E-state index in [-0.39, 0.29) is 5.41 Å². The Morgan fingerprint density at radius 2 is 1.93 bits per heavy atom. The molecule has 0 radical (unpaired) electrons. The number of para-hydroxylation sites is 2. The molecule has 0 unspecified atom stereocenters. The van der Waals surface area contributed by atoms with Gasteiger partial charge in [0.15, 0.2) is 0 Å². The minimum atomic E-state index is 0.147. The fourth-order valence-electron chi connectivity index (χ4n) is 1.91. The van der Waals surface area contributed by atoms with Crippen LogP contribution in [0, 0.1) is 0 Å². The van der Waals surface area contributed by atoms with Crippen molar-refractivity contribution in [2.24, 2.45) is 7.05 Å². The standard InChI is InChI=1S/C13H18N2/c1-5-13(2,3)12-14-10-8-6-7-9-11(10)15(12)4/h6-9H,5H2,1-4H3. The largest absolute Gasteiger partial charge is 0.331 e. The average Bonchev–Trinajstić information content (AvgIpc) is 2.58. The van der Waals surface area contributed by atoms with E-state index in [1.807, 2.05) is 6.07 Å². The molecule has 0 fully saturated rings. The second-order valence-corrected chi connectivity index (χ2v) is 4.72. The normalized spacial score (nSPS) is 12.3. The van der Waals surface area contributed by atoms with Crippen LogP contribution < -0.4 is 0 Å². The molecule has 2 heteroatoms. The van der Waals surface area contributed by atoms with Gasteiger partial charge in [-0.25, -0.2) is 4.98 Å². The van der Waals surface area contributed by atoms with E-state index in [4.69, 9.17) is 4.98 Å². The summed E-state index contributed by atoms with van der Waals surface area (Å²) in [6, 6.07) is 8.30. The maximum atomic E-state index is 4.72. The third-order valence-corrected chi connectivity index (χ3v) is 3.28. The monoisotopic (exact) mass is 202 g/mol. The molecule has 0 saturated carbocycles. The minimum Gasteiger partial charge on any atom is -0.331 e. The molecule has 0 spiro atoms. The molecule has 2 nitrogen and oxygen atoms in total. The Morgan fingerprint density at radius 1 is 1.27 bits per heavy atom. The number of rotatable bonds is 2. The molecule has 1 heterocycles. The van der Waals surface area contributed by atoms with Gasteiger partial charge in [-0.05, 0) is 18.6 Å². The molecule has 0 aliphatic rings. The van der Waals surface area contributed by atoms with E-state index in [1.54, 1.807) is 0 Å². The van der Waals surface area contributed by atoms with Gasteiger partial charge >= 0.3 is 0 Å². The molecule has 1 aromatic carbocycles. The van der Waals surface area contributed by atoms with Gasteiger partial charge in [0.25, 0.3) is 0 Å². The Bertz CT molecular complexity index is 480. The highest BCUT2D eigenvalue weighted by Crippen LogP contribution is 2.28. The van der Waals surface area contributed by atoms with E-state index in [0.717, 1.165) is 11.9 Å². The second kappa shape index (κ2) is 3.37. The van der Waals surface area contributed by atoms with Gasteiger partial charge in [-0.1, -0.05) is 32.9 Å². The zero-order chi connectivity index (χ0) is 11.1. The van der Waals surface area contributed by atoms with Crippen molar-refractivity contribution in [3.8, 4) is 0 Å². The van der Waals surface area contributed by atoms with Gasteiger partial charge in [0.2, 0.25) is 0 Å². The first-order valence-corrected chi connectivity index (χ1v) is 5.48. The number of aryl methyl sites for hydroxylation is 1. The summed E-state index contributed by atoms with van der Waals surface area (Å²) in [5.74, 6) is 1.17. The highest BCUT2D eigenvalue weighted by molar-refractivity contribution is 5.76. The van der Waals surface area contributed by atoms with E-state index in [0.29, 0.717) is 0 Å². The van der Waals surface area contributed by atoms with Crippen molar-refractivity contribution in [3.63, 3.8) is 0 Å². The maximum absolute atomic E-state index is 4.72. The van der Waals surface area contributed by atoms with Gasteiger partial charge in [0, 0.05) is 12.5 Å². The average molecular weight is 202 g/mol. The van der Waals surface area contributed by atoms with Crippen LogP contribution >= 0.6 is 0 Å². The quantitative estimate of drug-likeness (QED) is 0.731. The number of hydrogen-bond donors (Lipinski definition) is 0. The zero-order valence-electron chi connectivity index (χ0n) is 9.91. The van der Waals surface area contributed by atoms with Crippen molar-refractivity contribution in [2.75, 3.05) is 0 Å². The maximum Gasteiger partial charge on any atom is 0.115 e. The molecule has 2 aromatic rings. The minimum absolute atomic E-state index is 0.147. The van der Waals surface area contributed by atoms with Crippen molar-refractivity contribution in [1.29, 1.82) is 0 Å². The molecule has 0 saturated heterocycles. The van der Waals surface area contributed by atoms with Crippen LogP contribution in [0.5, 0.6) is 0 Å². The fourth-order valence-corrected chi connectivity index (χ4v) is 1.91. The molecule has 2 rings (SSSR count). The summed E-state index contributed by atoms with van der Waals surface area (Å²) in [6.07, 6.45) is 1.10. The summed E-state index contributed by atoms with van der Waals surface area (Å²) in [6.45, 7) is 6.70. The van der Waals surface area contributed by atoms with Crippen molar-refractivity contribution < 1.29 is 0 Å². The Balaban J connectivity index is 2.68. The van der Waals surface area contributed by atoms with E-state index in [1.165, 1.54) is 11.3 Å². The van der Waals surface area contributed by atoms with Gasteiger partial charge in [0.1, 0.15) is 5.82 Å². The lowest BCUT2D eigenvalue weighted by Crippen LogP contribution is -2.20. The van der Waals surface area contributed by atoms with E-state index >= 15 is 0 Å². The third kappa shape index (κ3) is 1.54. The number of nitrogens with zero attached hydrogens (tertiary/aromatic N) is 2. The Labute approximate surface area is 90.9 Å². The number of imidazole rings is 1. The summed E-state index contributed by atoms with van der Waals surface area (Å²) < 4.78 is 2.21. The number of fused-ring (bicyclic) bond motifs is 1. The Kier molecular flexibility index (Phi) is 2.29. The van der Waals surface area contributed by atoms with E-state index < -0.39 is 0 Å². The Morgan fingerprint density at radius 3 is 2.53 bits per heavy atom. The predicted octanol–water partition coefficient (Wildman–Crippen LogP) is 3.26. The lowest BCUT2D eigenvalue weighted by Gasteiger charge is -2.21. The highest BCUT2D eigenvalue weighted by Gasteiger charge is 2.24. The molecule has 0 bridgehead atoms. The van der Waals surface area contributed by atoms with Crippen LogP contribution in [0.4, 0.5) is 0 Å². The summed E-state index contributed by atoms with van der Waals surface area (Å²) in [7, 11) is 2.10. The van der Waals surface area contributed by atoms with Crippen molar-refractivity contribution in [1.82, 2.24) is 9.55 Å². The van der Waals surface area contributed by atoms with Crippen LogP contribution in [0.25, 0.3) is 11.0 Å². The summed E-state index contributed by atoms with van der Waals surface area (Å²) in [5.41, 5.74) is 2.46. The molecule has 80 valence electrons. The lowest BCUT2D eigenvalue weighted by molar-refractivity contribution is 0.460. The van der Waals surface area contributed by atoms with Gasteiger partial charge in [-0.3, -0.25) is 0 Å². The first-order valence-electron chi connectivity index (χ1n) is 5.48. The molecule has 0 aliphatic heterocycles. The van der Waals surface area contributed by atoms with Crippen molar-refractivity contribution in [2.45, 2.75) is 32.6 Å². The number of aromatic nitrogens is 2.